The van der Waals surface area contributed by atoms with Crippen molar-refractivity contribution in [3.8, 4) is 0 Å². The van der Waals surface area contributed by atoms with E-state index in [9.17, 15) is 4.79 Å². The zero-order valence-corrected chi connectivity index (χ0v) is 9.30. The Morgan fingerprint density at radius 1 is 1.21 bits per heavy atom. The average Bonchev–Trinajstić information content (AvgIpc) is 2.61. The van der Waals surface area contributed by atoms with Crippen molar-refractivity contribution in [3.05, 3.63) is 0 Å². The zero-order chi connectivity index (χ0) is 9.97. The number of hydrogen-bond acceptors (Lipinski definition) is 1. The van der Waals surface area contributed by atoms with Crippen LogP contribution in [0.15, 0.2) is 0 Å². The molecule has 0 spiro atoms. The molecule has 1 saturated carbocycles. The SMILES string of the molecule is O=C(CCCl)N1C[C@H]2CCCC[C@H]2C1. The molecule has 1 aliphatic carbocycles. The molecule has 3 heteroatoms. The lowest BCUT2D eigenvalue weighted by molar-refractivity contribution is -0.129. The molecule has 14 heavy (non-hydrogen) atoms. The van der Waals surface area contributed by atoms with Gasteiger partial charge < -0.3 is 4.90 Å². The van der Waals surface area contributed by atoms with Gasteiger partial charge in [0.15, 0.2) is 0 Å². The van der Waals surface area contributed by atoms with Crippen molar-refractivity contribution in [3.63, 3.8) is 0 Å². The molecule has 80 valence electrons. The Morgan fingerprint density at radius 3 is 2.29 bits per heavy atom. The summed E-state index contributed by atoms with van der Waals surface area (Å²) in [4.78, 5) is 13.7. The molecule has 0 aromatic carbocycles. The fraction of sp³-hybridized carbons (Fsp3) is 0.909. The van der Waals surface area contributed by atoms with Gasteiger partial charge in [-0.2, -0.15) is 0 Å². The standard InChI is InChI=1S/C11H18ClNO/c12-6-5-11(14)13-7-9-3-1-2-4-10(9)8-13/h9-10H,1-8H2/t9-,10+. The second-order valence-corrected chi connectivity index (χ2v) is 4.92. The van der Waals surface area contributed by atoms with Gasteiger partial charge in [0.1, 0.15) is 0 Å². The van der Waals surface area contributed by atoms with Gasteiger partial charge in [-0.25, -0.2) is 0 Å². The van der Waals surface area contributed by atoms with E-state index in [2.05, 4.69) is 0 Å². The molecule has 2 atom stereocenters. The highest BCUT2D eigenvalue weighted by atomic mass is 35.5. The van der Waals surface area contributed by atoms with Crippen LogP contribution in [-0.2, 0) is 4.79 Å². The smallest absolute Gasteiger partial charge is 0.223 e. The van der Waals surface area contributed by atoms with E-state index < -0.39 is 0 Å². The summed E-state index contributed by atoms with van der Waals surface area (Å²) >= 11 is 5.58. The molecule has 1 aliphatic heterocycles. The van der Waals surface area contributed by atoms with Crippen LogP contribution in [0.4, 0.5) is 0 Å². The maximum absolute atomic E-state index is 11.6. The van der Waals surface area contributed by atoms with Gasteiger partial charge in [0, 0.05) is 25.4 Å². The molecule has 0 N–H and O–H groups in total. The van der Waals surface area contributed by atoms with Crippen molar-refractivity contribution < 1.29 is 4.79 Å². The lowest BCUT2D eigenvalue weighted by atomic mass is 9.82. The van der Waals surface area contributed by atoms with Gasteiger partial charge in [0.25, 0.3) is 0 Å². The second kappa shape index (κ2) is 4.52. The number of hydrogen-bond donors (Lipinski definition) is 0. The molecule has 2 aliphatic rings. The topological polar surface area (TPSA) is 20.3 Å². The van der Waals surface area contributed by atoms with Crippen LogP contribution >= 0.6 is 11.6 Å². The van der Waals surface area contributed by atoms with E-state index in [0.29, 0.717) is 12.3 Å². The minimum absolute atomic E-state index is 0.259. The molecule has 0 bridgehead atoms. The second-order valence-electron chi connectivity index (χ2n) is 4.54. The summed E-state index contributed by atoms with van der Waals surface area (Å²) in [6.45, 7) is 2.00. The highest BCUT2D eigenvalue weighted by molar-refractivity contribution is 6.18. The first-order valence-corrected chi connectivity index (χ1v) is 6.18. The van der Waals surface area contributed by atoms with E-state index in [4.69, 9.17) is 11.6 Å². The predicted molar refractivity (Wildman–Crippen MR) is 57.4 cm³/mol. The highest BCUT2D eigenvalue weighted by Crippen LogP contribution is 2.36. The summed E-state index contributed by atoms with van der Waals surface area (Å²) in [5.74, 6) is 2.31. The normalized spacial score (nSPS) is 31.6. The van der Waals surface area contributed by atoms with E-state index in [1.807, 2.05) is 4.90 Å². The summed E-state index contributed by atoms with van der Waals surface area (Å²) in [5, 5.41) is 0. The summed E-state index contributed by atoms with van der Waals surface area (Å²) in [5.41, 5.74) is 0. The van der Waals surface area contributed by atoms with Gasteiger partial charge in [-0.05, 0) is 24.7 Å². The molecule has 0 aromatic heterocycles. The van der Waals surface area contributed by atoms with Gasteiger partial charge in [-0.15, -0.1) is 11.6 Å². The van der Waals surface area contributed by atoms with Crippen molar-refractivity contribution in [2.75, 3.05) is 19.0 Å². The van der Waals surface area contributed by atoms with Crippen molar-refractivity contribution in [2.45, 2.75) is 32.1 Å². The van der Waals surface area contributed by atoms with E-state index in [-0.39, 0.29) is 5.91 Å². The minimum Gasteiger partial charge on any atom is -0.342 e. The molecule has 2 nitrogen and oxygen atoms in total. The van der Waals surface area contributed by atoms with Crippen molar-refractivity contribution in [1.29, 1.82) is 0 Å². The number of carbonyl (C=O) groups excluding carboxylic acids is 1. The molecular formula is C11H18ClNO. The first-order valence-electron chi connectivity index (χ1n) is 5.65. The third kappa shape index (κ3) is 2.05. The van der Waals surface area contributed by atoms with E-state index >= 15 is 0 Å². The van der Waals surface area contributed by atoms with Gasteiger partial charge in [-0.1, -0.05) is 12.8 Å². The van der Waals surface area contributed by atoms with Crippen LogP contribution in [0, 0.1) is 11.8 Å². The number of nitrogens with zero attached hydrogens (tertiary/aromatic N) is 1. The van der Waals surface area contributed by atoms with Crippen molar-refractivity contribution in [2.24, 2.45) is 11.8 Å². The van der Waals surface area contributed by atoms with Crippen LogP contribution in [0.1, 0.15) is 32.1 Å². The van der Waals surface area contributed by atoms with E-state index in [1.54, 1.807) is 0 Å². The third-order valence-electron chi connectivity index (χ3n) is 3.64. The summed E-state index contributed by atoms with van der Waals surface area (Å²) in [6.07, 6.45) is 5.89. The molecule has 1 amide bonds. The van der Waals surface area contributed by atoms with Crippen LogP contribution in [0.3, 0.4) is 0 Å². The van der Waals surface area contributed by atoms with Crippen molar-refractivity contribution in [1.82, 2.24) is 4.90 Å². The van der Waals surface area contributed by atoms with Gasteiger partial charge in [0.05, 0.1) is 0 Å². The van der Waals surface area contributed by atoms with Gasteiger partial charge >= 0.3 is 0 Å². The van der Waals surface area contributed by atoms with E-state index in [0.717, 1.165) is 24.9 Å². The number of alkyl halides is 1. The number of amides is 1. The summed E-state index contributed by atoms with van der Waals surface area (Å²) in [6, 6.07) is 0. The molecular weight excluding hydrogens is 198 g/mol. The highest BCUT2D eigenvalue weighted by Gasteiger charge is 2.35. The molecule has 2 fully saturated rings. The van der Waals surface area contributed by atoms with Crippen LogP contribution in [0.25, 0.3) is 0 Å². The quantitative estimate of drug-likeness (QED) is 0.648. The zero-order valence-electron chi connectivity index (χ0n) is 8.54. The molecule has 2 rings (SSSR count). The van der Waals surface area contributed by atoms with Gasteiger partial charge in [0.2, 0.25) is 5.91 Å². The molecule has 0 radical (unpaired) electrons. The Bertz CT molecular complexity index is 205. The van der Waals surface area contributed by atoms with Crippen LogP contribution in [0.5, 0.6) is 0 Å². The van der Waals surface area contributed by atoms with Crippen LogP contribution in [0.2, 0.25) is 0 Å². The number of carbonyl (C=O) groups is 1. The van der Waals surface area contributed by atoms with Gasteiger partial charge in [-0.3, -0.25) is 4.79 Å². The predicted octanol–water partition coefficient (Wildman–Crippen LogP) is 2.26. The Kier molecular flexibility index (Phi) is 3.32. The molecule has 0 unspecified atom stereocenters. The Balaban J connectivity index is 1.89. The fourth-order valence-electron chi connectivity index (χ4n) is 2.85. The monoisotopic (exact) mass is 215 g/mol. The number of likely N-dealkylation sites (tertiary alicyclic amines) is 1. The fourth-order valence-corrected chi connectivity index (χ4v) is 3.01. The van der Waals surface area contributed by atoms with Crippen molar-refractivity contribution >= 4 is 17.5 Å². The van der Waals surface area contributed by atoms with Crippen LogP contribution in [-0.4, -0.2) is 29.8 Å². The number of fused-ring (bicyclic) bond motifs is 1. The van der Waals surface area contributed by atoms with E-state index in [1.165, 1.54) is 25.7 Å². The first-order chi connectivity index (χ1) is 6.81. The Labute approximate surface area is 90.6 Å². The third-order valence-corrected chi connectivity index (χ3v) is 3.83. The number of halogens is 1. The average molecular weight is 216 g/mol. The van der Waals surface area contributed by atoms with Crippen LogP contribution < -0.4 is 0 Å². The Morgan fingerprint density at radius 2 is 1.79 bits per heavy atom. The summed E-state index contributed by atoms with van der Waals surface area (Å²) in [7, 11) is 0. The lowest BCUT2D eigenvalue weighted by Gasteiger charge is -2.22. The molecule has 0 aromatic rings. The maximum atomic E-state index is 11.6. The Hall–Kier alpha value is -0.240. The summed E-state index contributed by atoms with van der Waals surface area (Å²) < 4.78 is 0. The molecule has 1 heterocycles. The minimum atomic E-state index is 0.259. The lowest BCUT2D eigenvalue weighted by Crippen LogP contribution is -2.28. The largest absolute Gasteiger partial charge is 0.342 e. The first kappa shape index (κ1) is 10.3. The maximum Gasteiger partial charge on any atom is 0.223 e. The molecule has 1 saturated heterocycles. The number of rotatable bonds is 2.